The van der Waals surface area contributed by atoms with Crippen molar-refractivity contribution in [2.75, 3.05) is 13.7 Å². The molecule has 0 aromatic heterocycles. The minimum Gasteiger partial charge on any atom is -0.480 e. The van der Waals surface area contributed by atoms with Crippen molar-refractivity contribution in [3.8, 4) is 0 Å². The Morgan fingerprint density at radius 1 is 1.27 bits per heavy atom. The van der Waals surface area contributed by atoms with Crippen LogP contribution >= 0.6 is 0 Å². The molecule has 9 heteroatoms. The van der Waals surface area contributed by atoms with Crippen LogP contribution < -0.4 is 16.4 Å². The monoisotopic (exact) mass is 315 g/mol. The number of nitrogens with two attached hydrogens (primary N) is 1. The van der Waals surface area contributed by atoms with Gasteiger partial charge in [-0.3, -0.25) is 9.59 Å². The number of nitrogens with one attached hydrogen (secondary N) is 2. The van der Waals surface area contributed by atoms with Gasteiger partial charge in [-0.2, -0.15) is 0 Å². The Morgan fingerprint density at radius 2 is 1.91 bits per heavy atom. The van der Waals surface area contributed by atoms with Crippen LogP contribution in [0.5, 0.6) is 0 Å². The second kappa shape index (κ2) is 10.3. The van der Waals surface area contributed by atoms with Gasteiger partial charge in [-0.25, -0.2) is 9.59 Å². The first-order chi connectivity index (χ1) is 10.3. The highest BCUT2D eigenvalue weighted by atomic mass is 16.5. The summed E-state index contributed by atoms with van der Waals surface area (Å²) in [6.07, 6.45) is 2.89. The molecule has 0 saturated heterocycles. The van der Waals surface area contributed by atoms with Gasteiger partial charge in [0.05, 0.1) is 13.2 Å². The topological polar surface area (TPSA) is 148 Å². The molecule has 9 nitrogen and oxygen atoms in total. The van der Waals surface area contributed by atoms with Gasteiger partial charge in [-0.05, 0) is 6.42 Å². The fourth-order valence-corrected chi connectivity index (χ4v) is 1.39. The summed E-state index contributed by atoms with van der Waals surface area (Å²) in [5.74, 6) is -3.32. The molecule has 124 valence electrons. The maximum absolute atomic E-state index is 11.7. The summed E-state index contributed by atoms with van der Waals surface area (Å²) in [6, 6.07) is -2.12. The quantitative estimate of drug-likeness (QED) is 0.300. The Balaban J connectivity index is 4.45. The predicted molar refractivity (Wildman–Crippen MR) is 76.6 cm³/mol. The number of methoxy groups -OCH3 is 1. The molecular formula is C13H21N3O6. The lowest BCUT2D eigenvalue weighted by molar-refractivity contribution is -0.142. The van der Waals surface area contributed by atoms with E-state index >= 15 is 0 Å². The van der Waals surface area contributed by atoms with E-state index in [2.05, 4.69) is 15.4 Å². The predicted octanol–water partition coefficient (Wildman–Crippen LogP) is -1.47. The second-order valence-corrected chi connectivity index (χ2v) is 4.40. The molecule has 0 rings (SSSR count). The summed E-state index contributed by atoms with van der Waals surface area (Å²) in [4.78, 5) is 44.9. The number of hydrogen-bond acceptors (Lipinski definition) is 6. The van der Waals surface area contributed by atoms with Crippen molar-refractivity contribution in [3.05, 3.63) is 12.2 Å². The molecule has 0 fully saturated rings. The molecule has 0 aliphatic rings. The van der Waals surface area contributed by atoms with E-state index in [0.29, 0.717) is 12.8 Å². The zero-order chi connectivity index (χ0) is 17.1. The lowest BCUT2D eigenvalue weighted by atomic mass is 10.1. The zero-order valence-electron chi connectivity index (χ0n) is 12.5. The van der Waals surface area contributed by atoms with Crippen LogP contribution in [0.15, 0.2) is 12.2 Å². The van der Waals surface area contributed by atoms with Gasteiger partial charge in [0.1, 0.15) is 6.04 Å². The van der Waals surface area contributed by atoms with Crippen molar-refractivity contribution in [1.29, 1.82) is 0 Å². The first-order valence-electron chi connectivity index (χ1n) is 6.64. The summed E-state index contributed by atoms with van der Waals surface area (Å²) in [5.41, 5.74) is 5.57. The van der Waals surface area contributed by atoms with Crippen LogP contribution in [-0.2, 0) is 23.9 Å². The van der Waals surface area contributed by atoms with Crippen LogP contribution in [0, 0.1) is 0 Å². The van der Waals surface area contributed by atoms with Gasteiger partial charge in [0, 0.05) is 18.7 Å². The maximum Gasteiger partial charge on any atom is 0.330 e. The average Bonchev–Trinajstić information content (AvgIpc) is 2.48. The number of amides is 2. The molecule has 0 saturated carbocycles. The van der Waals surface area contributed by atoms with E-state index in [4.69, 9.17) is 10.8 Å². The number of hydrogen-bond donors (Lipinski definition) is 4. The van der Waals surface area contributed by atoms with Crippen molar-refractivity contribution in [1.82, 2.24) is 10.6 Å². The molecule has 0 aromatic carbocycles. The van der Waals surface area contributed by atoms with Crippen LogP contribution in [0.4, 0.5) is 0 Å². The minimum atomic E-state index is -1.31. The molecule has 0 heterocycles. The third-order valence-electron chi connectivity index (χ3n) is 2.60. The molecule has 0 aromatic rings. The summed E-state index contributed by atoms with van der Waals surface area (Å²) in [6.45, 7) is 1.50. The Morgan fingerprint density at radius 3 is 2.41 bits per heavy atom. The molecule has 5 N–H and O–H groups in total. The molecule has 0 radical (unpaired) electrons. The highest BCUT2D eigenvalue weighted by Crippen LogP contribution is 1.94. The lowest BCUT2D eigenvalue weighted by Gasteiger charge is -2.17. The Bertz CT molecular complexity index is 449. The van der Waals surface area contributed by atoms with Gasteiger partial charge in [-0.15, -0.1) is 0 Å². The van der Waals surface area contributed by atoms with Crippen molar-refractivity contribution in [3.63, 3.8) is 0 Å². The third-order valence-corrected chi connectivity index (χ3v) is 2.60. The SMILES string of the molecule is CCC[C@H](N)C(=O)N[C@H](CNC(=O)/C=C/C(=O)OC)C(=O)O. The summed E-state index contributed by atoms with van der Waals surface area (Å²) in [5, 5.41) is 13.5. The van der Waals surface area contributed by atoms with Gasteiger partial charge in [0.25, 0.3) is 0 Å². The standard InChI is InChI=1S/C13H21N3O6/c1-3-4-8(14)12(19)16-9(13(20)21)7-15-10(17)5-6-11(18)22-2/h5-6,8-9H,3-4,7,14H2,1-2H3,(H,15,17)(H,16,19)(H,20,21)/b6-5+/t8-,9+/m0/s1. The number of carbonyl (C=O) groups excluding carboxylic acids is 3. The smallest absolute Gasteiger partial charge is 0.330 e. The number of carbonyl (C=O) groups is 4. The number of aliphatic carboxylic acids is 1. The van der Waals surface area contributed by atoms with Gasteiger partial charge in [0.15, 0.2) is 0 Å². The largest absolute Gasteiger partial charge is 0.480 e. The van der Waals surface area contributed by atoms with Crippen LogP contribution in [0.3, 0.4) is 0 Å². The fourth-order valence-electron chi connectivity index (χ4n) is 1.39. The van der Waals surface area contributed by atoms with Crippen LogP contribution in [0.25, 0.3) is 0 Å². The van der Waals surface area contributed by atoms with E-state index in [-0.39, 0.29) is 6.54 Å². The average molecular weight is 315 g/mol. The van der Waals surface area contributed by atoms with Gasteiger partial charge in [-0.1, -0.05) is 13.3 Å². The Hall–Kier alpha value is -2.42. The van der Waals surface area contributed by atoms with E-state index in [1.807, 2.05) is 6.92 Å². The summed E-state index contributed by atoms with van der Waals surface area (Å²) in [7, 11) is 1.15. The van der Waals surface area contributed by atoms with Crippen LogP contribution in [0.2, 0.25) is 0 Å². The van der Waals surface area contributed by atoms with Gasteiger partial charge < -0.3 is 26.2 Å². The number of rotatable bonds is 9. The summed E-state index contributed by atoms with van der Waals surface area (Å²) >= 11 is 0. The lowest BCUT2D eigenvalue weighted by Crippen LogP contribution is -2.52. The third kappa shape index (κ3) is 8.00. The first kappa shape index (κ1) is 19.6. The van der Waals surface area contributed by atoms with E-state index in [9.17, 15) is 19.2 Å². The van der Waals surface area contributed by atoms with Crippen molar-refractivity contribution in [2.45, 2.75) is 31.8 Å². The fraction of sp³-hybridized carbons (Fsp3) is 0.538. The summed E-state index contributed by atoms with van der Waals surface area (Å²) < 4.78 is 4.30. The molecule has 0 spiro atoms. The molecular weight excluding hydrogens is 294 g/mol. The second-order valence-electron chi connectivity index (χ2n) is 4.40. The van der Waals surface area contributed by atoms with E-state index < -0.39 is 35.8 Å². The van der Waals surface area contributed by atoms with Crippen molar-refractivity contribution in [2.24, 2.45) is 5.73 Å². The first-order valence-corrected chi connectivity index (χ1v) is 6.64. The number of esters is 1. The highest BCUT2D eigenvalue weighted by Gasteiger charge is 2.23. The van der Waals surface area contributed by atoms with Crippen LogP contribution in [-0.4, -0.2) is 54.6 Å². The Labute approximate surface area is 127 Å². The van der Waals surface area contributed by atoms with Gasteiger partial charge in [0.2, 0.25) is 11.8 Å². The number of carboxylic acid groups (broad SMARTS) is 1. The minimum absolute atomic E-state index is 0.343. The number of ether oxygens (including phenoxy) is 1. The highest BCUT2D eigenvalue weighted by molar-refractivity contribution is 5.95. The maximum atomic E-state index is 11.7. The Kier molecular flexibility index (Phi) is 9.19. The number of carboxylic acids is 1. The van der Waals surface area contributed by atoms with Crippen LogP contribution in [0.1, 0.15) is 19.8 Å². The zero-order valence-corrected chi connectivity index (χ0v) is 12.5. The van der Waals surface area contributed by atoms with Crippen molar-refractivity contribution >= 4 is 23.8 Å². The normalized spacial score (nSPS) is 13.2. The van der Waals surface area contributed by atoms with E-state index in [1.54, 1.807) is 0 Å². The molecule has 2 atom stereocenters. The van der Waals surface area contributed by atoms with Crippen molar-refractivity contribution < 1.29 is 29.0 Å². The van der Waals surface area contributed by atoms with E-state index in [0.717, 1.165) is 19.3 Å². The molecule has 0 unspecified atom stereocenters. The van der Waals surface area contributed by atoms with Gasteiger partial charge >= 0.3 is 11.9 Å². The molecule has 0 aliphatic heterocycles. The molecule has 22 heavy (non-hydrogen) atoms. The molecule has 0 bridgehead atoms. The molecule has 0 aliphatic carbocycles. The van der Waals surface area contributed by atoms with E-state index in [1.165, 1.54) is 0 Å². The molecule has 2 amide bonds.